The van der Waals surface area contributed by atoms with Gasteiger partial charge in [-0.25, -0.2) is 0 Å². The van der Waals surface area contributed by atoms with Crippen molar-refractivity contribution >= 4 is 23.7 Å². The van der Waals surface area contributed by atoms with E-state index in [1.54, 1.807) is 0 Å². The minimum atomic E-state index is 0.292. The number of aryl methyl sites for hydroxylation is 1. The van der Waals surface area contributed by atoms with Crippen molar-refractivity contribution in [3.63, 3.8) is 0 Å². The zero-order valence-electron chi connectivity index (χ0n) is 12.1. The first-order valence-corrected chi connectivity index (χ1v) is 8.03. The molecule has 0 aliphatic carbocycles. The summed E-state index contributed by atoms with van der Waals surface area (Å²) in [6.07, 6.45) is 3.65. The second kappa shape index (κ2) is 6.30. The smallest absolute Gasteiger partial charge is 0.231 e. The van der Waals surface area contributed by atoms with Gasteiger partial charge in [0.2, 0.25) is 11.9 Å². The van der Waals surface area contributed by atoms with Crippen LogP contribution in [0, 0.1) is 6.92 Å². The maximum atomic E-state index is 5.85. The van der Waals surface area contributed by atoms with Gasteiger partial charge in [0.15, 0.2) is 5.16 Å². The molecule has 110 valence electrons. The Kier molecular flexibility index (Phi) is 4.24. The van der Waals surface area contributed by atoms with Crippen molar-refractivity contribution in [2.24, 2.45) is 0 Å². The molecule has 2 aromatic rings. The third kappa shape index (κ3) is 3.64. The Labute approximate surface area is 129 Å². The first-order chi connectivity index (χ1) is 10.2. The fraction of sp³-hybridized carbons (Fsp3) is 0.400. The van der Waals surface area contributed by atoms with Crippen LogP contribution < -0.4 is 10.6 Å². The molecule has 1 aliphatic rings. The number of hydrogen-bond donors (Lipinski definition) is 1. The largest absolute Gasteiger partial charge is 0.368 e. The van der Waals surface area contributed by atoms with E-state index in [1.165, 1.54) is 36.6 Å². The van der Waals surface area contributed by atoms with E-state index in [9.17, 15) is 0 Å². The van der Waals surface area contributed by atoms with E-state index in [-0.39, 0.29) is 0 Å². The molecule has 0 saturated carbocycles. The Bertz CT molecular complexity index is 625. The number of piperidine rings is 1. The minimum absolute atomic E-state index is 0.292. The lowest BCUT2D eigenvalue weighted by Gasteiger charge is -2.26. The van der Waals surface area contributed by atoms with Crippen LogP contribution in [0.15, 0.2) is 34.3 Å². The summed E-state index contributed by atoms with van der Waals surface area (Å²) < 4.78 is 0. The third-order valence-corrected chi connectivity index (χ3v) is 4.31. The fourth-order valence-corrected chi connectivity index (χ4v) is 3.29. The highest BCUT2D eigenvalue weighted by Gasteiger charge is 2.16. The molecule has 0 amide bonds. The Morgan fingerprint density at radius 3 is 2.67 bits per heavy atom. The van der Waals surface area contributed by atoms with E-state index in [2.05, 4.69) is 45.0 Å². The van der Waals surface area contributed by atoms with Gasteiger partial charge in [0.25, 0.3) is 0 Å². The normalized spacial score (nSPS) is 15.2. The van der Waals surface area contributed by atoms with Crippen molar-refractivity contribution in [2.75, 3.05) is 23.7 Å². The lowest BCUT2D eigenvalue weighted by molar-refractivity contribution is 0.565. The zero-order chi connectivity index (χ0) is 14.7. The number of nitrogens with two attached hydrogens (primary N) is 1. The van der Waals surface area contributed by atoms with Crippen LogP contribution in [0.3, 0.4) is 0 Å². The van der Waals surface area contributed by atoms with Crippen molar-refractivity contribution in [3.05, 3.63) is 29.8 Å². The van der Waals surface area contributed by atoms with E-state index in [1.807, 2.05) is 6.07 Å². The molecular formula is C15H19N5S. The Morgan fingerprint density at radius 2 is 1.90 bits per heavy atom. The van der Waals surface area contributed by atoms with Gasteiger partial charge in [-0.05, 0) is 50.1 Å². The van der Waals surface area contributed by atoms with Crippen LogP contribution >= 0.6 is 11.8 Å². The van der Waals surface area contributed by atoms with Crippen molar-refractivity contribution in [3.8, 4) is 0 Å². The summed E-state index contributed by atoms with van der Waals surface area (Å²) in [5.41, 5.74) is 7.07. The molecule has 1 fully saturated rings. The van der Waals surface area contributed by atoms with E-state index >= 15 is 0 Å². The summed E-state index contributed by atoms with van der Waals surface area (Å²) in [4.78, 5) is 16.4. The van der Waals surface area contributed by atoms with Gasteiger partial charge in [0.05, 0.1) is 0 Å². The van der Waals surface area contributed by atoms with Crippen LogP contribution in [0.1, 0.15) is 24.8 Å². The lowest BCUT2D eigenvalue weighted by atomic mass is 10.1. The number of aromatic nitrogens is 3. The van der Waals surface area contributed by atoms with Crippen LogP contribution in [0.2, 0.25) is 0 Å². The molecule has 0 unspecified atom stereocenters. The molecule has 21 heavy (non-hydrogen) atoms. The Hall–Kier alpha value is -1.82. The second-order valence-corrected chi connectivity index (χ2v) is 6.28. The van der Waals surface area contributed by atoms with Crippen LogP contribution in [0.25, 0.3) is 0 Å². The number of anilines is 2. The molecule has 3 rings (SSSR count). The molecule has 0 radical (unpaired) electrons. The Morgan fingerprint density at radius 1 is 1.10 bits per heavy atom. The van der Waals surface area contributed by atoms with Gasteiger partial charge < -0.3 is 10.6 Å². The van der Waals surface area contributed by atoms with E-state index in [0.29, 0.717) is 17.1 Å². The van der Waals surface area contributed by atoms with Crippen molar-refractivity contribution in [2.45, 2.75) is 36.2 Å². The van der Waals surface area contributed by atoms with Crippen LogP contribution in [0.5, 0.6) is 0 Å². The molecule has 0 atom stereocenters. The molecule has 0 spiro atoms. The minimum Gasteiger partial charge on any atom is -0.368 e. The highest BCUT2D eigenvalue weighted by atomic mass is 32.2. The number of nitrogen functional groups attached to an aromatic ring is 1. The number of nitrogens with zero attached hydrogens (tertiary/aromatic N) is 4. The quantitative estimate of drug-likeness (QED) is 0.940. The highest BCUT2D eigenvalue weighted by Crippen LogP contribution is 2.27. The van der Waals surface area contributed by atoms with Gasteiger partial charge in [-0.3, -0.25) is 0 Å². The predicted molar refractivity (Wildman–Crippen MR) is 85.6 cm³/mol. The molecule has 0 bridgehead atoms. The summed E-state index contributed by atoms with van der Waals surface area (Å²) in [5.74, 6) is 0.998. The molecular weight excluding hydrogens is 282 g/mol. The molecule has 2 N–H and O–H groups in total. The lowest BCUT2D eigenvalue weighted by Crippen LogP contribution is -2.31. The highest BCUT2D eigenvalue weighted by molar-refractivity contribution is 7.99. The molecule has 6 heteroatoms. The van der Waals surface area contributed by atoms with Gasteiger partial charge in [-0.1, -0.05) is 17.7 Å². The monoisotopic (exact) mass is 301 g/mol. The van der Waals surface area contributed by atoms with E-state index < -0.39 is 0 Å². The van der Waals surface area contributed by atoms with Gasteiger partial charge in [0, 0.05) is 18.0 Å². The third-order valence-electron chi connectivity index (χ3n) is 3.46. The molecule has 1 aromatic heterocycles. The standard InChI is InChI=1S/C15H19N5S/c1-11-6-5-7-12(10-11)21-15-18-13(16)17-14(19-15)20-8-3-2-4-9-20/h5-7,10H,2-4,8-9H2,1H3,(H2,16,17,18,19). The topological polar surface area (TPSA) is 67.9 Å². The van der Waals surface area contributed by atoms with E-state index in [4.69, 9.17) is 5.73 Å². The zero-order valence-corrected chi connectivity index (χ0v) is 12.9. The van der Waals surface area contributed by atoms with Gasteiger partial charge in [-0.2, -0.15) is 15.0 Å². The average Bonchev–Trinajstić information content (AvgIpc) is 2.47. The maximum Gasteiger partial charge on any atom is 0.231 e. The molecule has 1 aliphatic heterocycles. The van der Waals surface area contributed by atoms with Crippen LogP contribution in [-0.4, -0.2) is 28.0 Å². The molecule has 5 nitrogen and oxygen atoms in total. The first kappa shape index (κ1) is 14.1. The average molecular weight is 301 g/mol. The maximum absolute atomic E-state index is 5.85. The van der Waals surface area contributed by atoms with Crippen molar-refractivity contribution < 1.29 is 0 Å². The fourth-order valence-electron chi connectivity index (χ4n) is 2.43. The van der Waals surface area contributed by atoms with Crippen LogP contribution in [0.4, 0.5) is 11.9 Å². The summed E-state index contributed by atoms with van der Waals surface area (Å²) >= 11 is 1.53. The molecule has 2 heterocycles. The summed E-state index contributed by atoms with van der Waals surface area (Å²) in [6.45, 7) is 4.07. The summed E-state index contributed by atoms with van der Waals surface area (Å²) in [6, 6.07) is 8.28. The first-order valence-electron chi connectivity index (χ1n) is 7.22. The van der Waals surface area contributed by atoms with Gasteiger partial charge >= 0.3 is 0 Å². The Balaban J connectivity index is 1.83. The summed E-state index contributed by atoms with van der Waals surface area (Å²) in [5, 5.41) is 0.661. The van der Waals surface area contributed by atoms with Gasteiger partial charge in [0.1, 0.15) is 0 Å². The number of hydrogen-bond acceptors (Lipinski definition) is 6. The number of rotatable bonds is 3. The van der Waals surface area contributed by atoms with Crippen molar-refractivity contribution in [1.82, 2.24) is 15.0 Å². The number of benzene rings is 1. The summed E-state index contributed by atoms with van der Waals surface area (Å²) in [7, 11) is 0. The SMILES string of the molecule is Cc1cccc(Sc2nc(N)nc(N3CCCCC3)n2)c1. The van der Waals surface area contributed by atoms with E-state index in [0.717, 1.165) is 18.0 Å². The van der Waals surface area contributed by atoms with Crippen LogP contribution in [-0.2, 0) is 0 Å². The second-order valence-electron chi connectivity index (χ2n) is 5.24. The molecule has 1 aromatic carbocycles. The van der Waals surface area contributed by atoms with Gasteiger partial charge in [-0.15, -0.1) is 0 Å². The predicted octanol–water partition coefficient (Wildman–Crippen LogP) is 2.90. The molecule has 1 saturated heterocycles. The van der Waals surface area contributed by atoms with Crippen molar-refractivity contribution in [1.29, 1.82) is 0 Å².